The SMILES string of the molecule is CN(C)c1ccc(C2CC(c3ccc(F)cc3)=NN2C(=O)COc2ccc(Br)cc2C=O)cc1. The molecule has 0 saturated heterocycles. The molecule has 1 aliphatic rings. The van der Waals surface area contributed by atoms with Crippen LogP contribution in [0.1, 0.15) is 33.9 Å². The molecular weight excluding hydrogens is 501 g/mol. The summed E-state index contributed by atoms with van der Waals surface area (Å²) in [5.41, 5.74) is 3.75. The van der Waals surface area contributed by atoms with Gasteiger partial charge in [0.25, 0.3) is 5.91 Å². The molecule has 0 aliphatic carbocycles. The molecule has 0 N–H and O–H groups in total. The highest BCUT2D eigenvalue weighted by molar-refractivity contribution is 9.10. The minimum absolute atomic E-state index is 0.283. The Hall–Kier alpha value is -3.52. The van der Waals surface area contributed by atoms with Crippen LogP contribution in [0.3, 0.4) is 0 Å². The van der Waals surface area contributed by atoms with Crippen LogP contribution in [-0.2, 0) is 4.79 Å². The molecule has 0 saturated carbocycles. The van der Waals surface area contributed by atoms with Gasteiger partial charge < -0.3 is 9.64 Å². The van der Waals surface area contributed by atoms with E-state index in [4.69, 9.17) is 4.74 Å². The van der Waals surface area contributed by atoms with Gasteiger partial charge in [-0.25, -0.2) is 9.40 Å². The molecule has 174 valence electrons. The fourth-order valence-electron chi connectivity index (χ4n) is 3.76. The molecule has 8 heteroatoms. The van der Waals surface area contributed by atoms with Gasteiger partial charge in [-0.3, -0.25) is 9.59 Å². The fourth-order valence-corrected chi connectivity index (χ4v) is 4.14. The van der Waals surface area contributed by atoms with Gasteiger partial charge in [0.2, 0.25) is 0 Å². The van der Waals surface area contributed by atoms with E-state index in [1.165, 1.54) is 17.1 Å². The van der Waals surface area contributed by atoms with Crippen molar-refractivity contribution >= 4 is 39.5 Å². The van der Waals surface area contributed by atoms with E-state index in [-0.39, 0.29) is 24.4 Å². The average molecular weight is 524 g/mol. The Balaban J connectivity index is 1.60. The zero-order valence-corrected chi connectivity index (χ0v) is 20.3. The topological polar surface area (TPSA) is 62.2 Å². The summed E-state index contributed by atoms with van der Waals surface area (Å²) in [6.07, 6.45) is 1.16. The first-order valence-electron chi connectivity index (χ1n) is 10.7. The van der Waals surface area contributed by atoms with Crippen molar-refractivity contribution in [2.75, 3.05) is 25.6 Å². The second-order valence-electron chi connectivity index (χ2n) is 8.09. The van der Waals surface area contributed by atoms with Crippen molar-refractivity contribution in [3.63, 3.8) is 0 Å². The highest BCUT2D eigenvalue weighted by Gasteiger charge is 2.33. The summed E-state index contributed by atoms with van der Waals surface area (Å²) in [5.74, 6) is -0.362. The third kappa shape index (κ3) is 5.17. The van der Waals surface area contributed by atoms with E-state index in [9.17, 15) is 14.0 Å². The number of carbonyl (C=O) groups is 2. The molecule has 1 unspecified atom stereocenters. The molecule has 0 bridgehead atoms. The van der Waals surface area contributed by atoms with Crippen LogP contribution in [0.15, 0.2) is 76.3 Å². The number of hydrogen-bond acceptors (Lipinski definition) is 5. The number of benzene rings is 3. The minimum Gasteiger partial charge on any atom is -0.483 e. The number of aldehydes is 1. The van der Waals surface area contributed by atoms with Crippen LogP contribution in [0, 0.1) is 5.82 Å². The molecule has 3 aromatic rings. The molecule has 1 heterocycles. The second kappa shape index (κ2) is 10.2. The van der Waals surface area contributed by atoms with Crippen molar-refractivity contribution in [3.05, 3.63) is 93.7 Å². The van der Waals surface area contributed by atoms with Crippen LogP contribution in [0.25, 0.3) is 0 Å². The number of anilines is 1. The number of rotatable bonds is 7. The summed E-state index contributed by atoms with van der Waals surface area (Å²) in [4.78, 5) is 26.6. The van der Waals surface area contributed by atoms with Crippen molar-refractivity contribution in [1.29, 1.82) is 0 Å². The number of ether oxygens (including phenoxy) is 1. The van der Waals surface area contributed by atoms with Crippen molar-refractivity contribution in [2.24, 2.45) is 5.10 Å². The summed E-state index contributed by atoms with van der Waals surface area (Å²) >= 11 is 3.32. The van der Waals surface area contributed by atoms with E-state index in [0.29, 0.717) is 29.7 Å². The smallest absolute Gasteiger partial charge is 0.281 e. The van der Waals surface area contributed by atoms with Crippen LogP contribution in [0.5, 0.6) is 5.75 Å². The molecule has 1 amide bonds. The normalized spacial score (nSPS) is 15.1. The molecule has 34 heavy (non-hydrogen) atoms. The summed E-state index contributed by atoms with van der Waals surface area (Å²) in [6, 6.07) is 18.7. The van der Waals surface area contributed by atoms with Gasteiger partial charge in [0.15, 0.2) is 12.9 Å². The lowest BCUT2D eigenvalue weighted by Crippen LogP contribution is -2.31. The minimum atomic E-state index is -0.349. The molecule has 1 atom stereocenters. The van der Waals surface area contributed by atoms with E-state index in [0.717, 1.165) is 21.3 Å². The first-order valence-corrected chi connectivity index (χ1v) is 11.5. The quantitative estimate of drug-likeness (QED) is 0.398. The monoisotopic (exact) mass is 523 g/mol. The molecule has 4 rings (SSSR count). The summed E-state index contributed by atoms with van der Waals surface area (Å²) in [5, 5.41) is 6.00. The second-order valence-corrected chi connectivity index (χ2v) is 9.00. The fraction of sp³-hybridized carbons (Fsp3) is 0.192. The summed E-state index contributed by atoms with van der Waals surface area (Å²) in [6.45, 7) is -0.283. The number of halogens is 2. The lowest BCUT2D eigenvalue weighted by molar-refractivity contribution is -0.135. The molecule has 3 aromatic carbocycles. The standard InChI is InChI=1S/C26H23BrFN3O3/c1-30(2)22-10-5-18(6-11-22)24-14-23(17-3-8-21(28)9-4-17)29-31(24)26(33)16-34-25-12-7-20(27)13-19(25)15-32/h3-13,15,24H,14,16H2,1-2H3. The first-order chi connectivity index (χ1) is 16.4. The van der Waals surface area contributed by atoms with Crippen LogP contribution in [0.4, 0.5) is 10.1 Å². The average Bonchev–Trinajstić information content (AvgIpc) is 3.29. The Kier molecular flexibility index (Phi) is 7.07. The Morgan fingerprint density at radius 3 is 2.50 bits per heavy atom. The summed E-state index contributed by atoms with van der Waals surface area (Å²) in [7, 11) is 3.92. The maximum Gasteiger partial charge on any atom is 0.281 e. The Labute approximate surface area is 205 Å². The highest BCUT2D eigenvalue weighted by Crippen LogP contribution is 2.34. The Bertz CT molecular complexity index is 1230. The third-order valence-electron chi connectivity index (χ3n) is 5.59. The number of carbonyl (C=O) groups excluding carboxylic acids is 2. The maximum absolute atomic E-state index is 13.4. The molecule has 0 aromatic heterocycles. The molecular formula is C26H23BrFN3O3. The van der Waals surface area contributed by atoms with E-state index in [2.05, 4.69) is 21.0 Å². The number of hydrogen-bond donors (Lipinski definition) is 0. The zero-order chi connectivity index (χ0) is 24.2. The lowest BCUT2D eigenvalue weighted by Gasteiger charge is -2.23. The van der Waals surface area contributed by atoms with Gasteiger partial charge in [0.05, 0.1) is 17.3 Å². The van der Waals surface area contributed by atoms with Gasteiger partial charge in [-0.15, -0.1) is 0 Å². The predicted molar refractivity (Wildman–Crippen MR) is 133 cm³/mol. The van der Waals surface area contributed by atoms with Crippen LogP contribution in [0.2, 0.25) is 0 Å². The van der Waals surface area contributed by atoms with Gasteiger partial charge in [0, 0.05) is 30.7 Å². The first kappa shape index (κ1) is 23.6. The summed E-state index contributed by atoms with van der Waals surface area (Å²) < 4.78 is 19.8. The van der Waals surface area contributed by atoms with Crippen LogP contribution < -0.4 is 9.64 Å². The van der Waals surface area contributed by atoms with E-state index < -0.39 is 0 Å². The number of amides is 1. The van der Waals surface area contributed by atoms with E-state index in [1.54, 1.807) is 30.3 Å². The van der Waals surface area contributed by atoms with Gasteiger partial charge in [-0.1, -0.05) is 40.2 Å². The van der Waals surface area contributed by atoms with Crippen LogP contribution >= 0.6 is 15.9 Å². The van der Waals surface area contributed by atoms with Crippen molar-refractivity contribution < 1.29 is 18.7 Å². The number of hydrazone groups is 1. The molecule has 0 radical (unpaired) electrons. The Morgan fingerprint density at radius 2 is 1.85 bits per heavy atom. The van der Waals surface area contributed by atoms with Gasteiger partial charge in [-0.2, -0.15) is 5.10 Å². The van der Waals surface area contributed by atoms with Crippen molar-refractivity contribution in [1.82, 2.24) is 5.01 Å². The van der Waals surface area contributed by atoms with Gasteiger partial charge in [-0.05, 0) is 53.6 Å². The third-order valence-corrected chi connectivity index (χ3v) is 6.08. The largest absolute Gasteiger partial charge is 0.483 e. The zero-order valence-electron chi connectivity index (χ0n) is 18.7. The molecule has 1 aliphatic heterocycles. The molecule has 0 fully saturated rings. The van der Waals surface area contributed by atoms with E-state index in [1.807, 2.05) is 43.3 Å². The number of nitrogens with zero attached hydrogens (tertiary/aromatic N) is 3. The Morgan fingerprint density at radius 1 is 1.15 bits per heavy atom. The van der Waals surface area contributed by atoms with Crippen molar-refractivity contribution in [3.8, 4) is 5.75 Å². The lowest BCUT2D eigenvalue weighted by atomic mass is 9.98. The molecule has 0 spiro atoms. The van der Waals surface area contributed by atoms with E-state index >= 15 is 0 Å². The van der Waals surface area contributed by atoms with Crippen LogP contribution in [-0.4, -0.2) is 43.6 Å². The molecule has 6 nitrogen and oxygen atoms in total. The maximum atomic E-state index is 13.4. The van der Waals surface area contributed by atoms with Gasteiger partial charge >= 0.3 is 0 Å². The van der Waals surface area contributed by atoms with Crippen molar-refractivity contribution in [2.45, 2.75) is 12.5 Å². The predicted octanol–water partition coefficient (Wildman–Crippen LogP) is 5.22. The highest BCUT2D eigenvalue weighted by atomic mass is 79.9. The van der Waals surface area contributed by atoms with Gasteiger partial charge in [0.1, 0.15) is 11.6 Å².